The Morgan fingerprint density at radius 3 is 2.54 bits per heavy atom. The van der Waals surface area contributed by atoms with Gasteiger partial charge in [0.1, 0.15) is 5.75 Å². The smallest absolute Gasteiger partial charge is 0.235 e. The monoisotopic (exact) mass is 399 g/mol. The summed E-state index contributed by atoms with van der Waals surface area (Å²) in [4.78, 5) is 13.5. The van der Waals surface area contributed by atoms with E-state index < -0.39 is 5.41 Å². The quantitative estimate of drug-likeness (QED) is 0.589. The average Bonchev–Trinajstić information content (AvgIpc) is 2.70. The van der Waals surface area contributed by atoms with E-state index in [4.69, 9.17) is 16.3 Å². The maximum absolute atomic E-state index is 13.5. The second kappa shape index (κ2) is 9.00. The molecular formula is C24H30ClNO2. The van der Waals surface area contributed by atoms with Gasteiger partial charge in [0.15, 0.2) is 0 Å². The Morgan fingerprint density at radius 1 is 1.18 bits per heavy atom. The van der Waals surface area contributed by atoms with Gasteiger partial charge in [-0.2, -0.15) is 0 Å². The minimum absolute atomic E-state index is 0.0373. The van der Waals surface area contributed by atoms with Crippen molar-refractivity contribution < 1.29 is 9.53 Å². The van der Waals surface area contributed by atoms with Crippen LogP contribution in [0.3, 0.4) is 0 Å². The molecule has 2 aromatic carbocycles. The topological polar surface area (TPSA) is 38.3 Å². The van der Waals surface area contributed by atoms with Crippen molar-refractivity contribution in [3.05, 3.63) is 58.6 Å². The van der Waals surface area contributed by atoms with Gasteiger partial charge >= 0.3 is 0 Å². The number of hydrogen-bond acceptors (Lipinski definition) is 2. The van der Waals surface area contributed by atoms with E-state index in [9.17, 15) is 4.79 Å². The van der Waals surface area contributed by atoms with Crippen molar-refractivity contribution in [1.82, 2.24) is 0 Å². The molecular weight excluding hydrogens is 370 g/mol. The van der Waals surface area contributed by atoms with Gasteiger partial charge in [0, 0.05) is 10.7 Å². The molecule has 0 spiro atoms. The fourth-order valence-electron chi connectivity index (χ4n) is 4.03. The molecule has 1 aliphatic rings. The van der Waals surface area contributed by atoms with Crippen LogP contribution in [-0.4, -0.2) is 12.0 Å². The van der Waals surface area contributed by atoms with E-state index in [0.717, 1.165) is 54.7 Å². The zero-order valence-electron chi connectivity index (χ0n) is 17.1. The maximum Gasteiger partial charge on any atom is 0.235 e. The van der Waals surface area contributed by atoms with Crippen LogP contribution in [0.4, 0.5) is 5.69 Å². The number of ether oxygens (including phenoxy) is 1. The van der Waals surface area contributed by atoms with Gasteiger partial charge in [-0.3, -0.25) is 4.79 Å². The number of hydrogen-bond donors (Lipinski definition) is 1. The molecule has 150 valence electrons. The molecule has 1 saturated carbocycles. The summed E-state index contributed by atoms with van der Waals surface area (Å²) in [5.41, 5.74) is 2.21. The highest BCUT2D eigenvalue weighted by Gasteiger charge is 2.42. The van der Waals surface area contributed by atoms with Crippen LogP contribution in [0.15, 0.2) is 42.5 Å². The van der Waals surface area contributed by atoms with Crippen molar-refractivity contribution in [2.75, 3.05) is 5.32 Å². The first kappa shape index (κ1) is 20.7. The predicted molar refractivity (Wildman–Crippen MR) is 116 cm³/mol. The van der Waals surface area contributed by atoms with Gasteiger partial charge in [-0.15, -0.1) is 0 Å². The molecule has 28 heavy (non-hydrogen) atoms. The summed E-state index contributed by atoms with van der Waals surface area (Å²) in [6, 6.07) is 13.6. The summed E-state index contributed by atoms with van der Waals surface area (Å²) < 4.78 is 5.95. The highest BCUT2D eigenvalue weighted by molar-refractivity contribution is 6.31. The fourth-order valence-corrected chi connectivity index (χ4v) is 4.35. The molecule has 0 saturated heterocycles. The lowest BCUT2D eigenvalue weighted by Gasteiger charge is -2.37. The number of benzene rings is 2. The van der Waals surface area contributed by atoms with Crippen molar-refractivity contribution in [1.29, 1.82) is 0 Å². The largest absolute Gasteiger partial charge is 0.490 e. The number of carbonyl (C=O) groups is 1. The molecule has 3 rings (SSSR count). The van der Waals surface area contributed by atoms with E-state index in [2.05, 4.69) is 19.2 Å². The molecule has 3 nitrogen and oxygen atoms in total. The van der Waals surface area contributed by atoms with Crippen LogP contribution in [0, 0.1) is 6.92 Å². The number of amides is 1. The zero-order valence-corrected chi connectivity index (χ0v) is 17.8. The first-order valence-electron chi connectivity index (χ1n) is 10.3. The van der Waals surface area contributed by atoms with Crippen molar-refractivity contribution >= 4 is 23.2 Å². The van der Waals surface area contributed by atoms with E-state index in [1.807, 2.05) is 49.4 Å². The minimum atomic E-state index is -0.559. The van der Waals surface area contributed by atoms with Gasteiger partial charge in [-0.05, 0) is 68.5 Å². The first-order valence-corrected chi connectivity index (χ1v) is 10.7. The van der Waals surface area contributed by atoms with Crippen molar-refractivity contribution in [3.8, 4) is 5.75 Å². The van der Waals surface area contributed by atoms with Crippen molar-refractivity contribution in [3.63, 3.8) is 0 Å². The van der Waals surface area contributed by atoms with Crippen LogP contribution in [0.2, 0.25) is 5.02 Å². The lowest BCUT2D eigenvalue weighted by molar-refractivity contribution is -0.122. The number of halogens is 1. The Kier molecular flexibility index (Phi) is 6.66. The van der Waals surface area contributed by atoms with Gasteiger partial charge in [-0.25, -0.2) is 0 Å². The molecule has 1 atom stereocenters. The number of carbonyl (C=O) groups excluding carboxylic acids is 1. The van der Waals surface area contributed by atoms with E-state index in [1.54, 1.807) is 0 Å². The molecule has 0 bridgehead atoms. The number of aryl methyl sites for hydroxylation is 1. The summed E-state index contributed by atoms with van der Waals surface area (Å²) >= 11 is 6.51. The molecule has 0 aliphatic heterocycles. The third kappa shape index (κ3) is 4.35. The van der Waals surface area contributed by atoms with Crippen molar-refractivity contribution in [2.24, 2.45) is 0 Å². The zero-order chi connectivity index (χ0) is 20.1. The highest BCUT2D eigenvalue weighted by Crippen LogP contribution is 2.43. The fraction of sp³-hybridized carbons (Fsp3) is 0.458. The molecule has 0 unspecified atom stereocenters. The Bertz CT molecular complexity index is 827. The third-order valence-corrected chi connectivity index (χ3v) is 6.20. The standard InChI is InChI=1S/C24H30ClNO2/c1-4-18(3)28-22-13-12-19(16-17(22)2)26-23(27)24(14-8-5-9-15-24)20-10-6-7-11-21(20)25/h6-7,10-13,16,18H,4-5,8-9,14-15H2,1-3H3,(H,26,27)/t18-/m1/s1. The van der Waals surface area contributed by atoms with Crippen LogP contribution in [0.1, 0.15) is 63.5 Å². The van der Waals surface area contributed by atoms with Gasteiger partial charge in [0.2, 0.25) is 5.91 Å². The van der Waals surface area contributed by atoms with Gasteiger partial charge in [0.05, 0.1) is 11.5 Å². The Morgan fingerprint density at radius 2 is 1.89 bits per heavy atom. The van der Waals surface area contributed by atoms with Crippen molar-refractivity contribution in [2.45, 2.75) is 70.8 Å². The van der Waals surface area contributed by atoms with Gasteiger partial charge in [-0.1, -0.05) is 56.0 Å². The van der Waals surface area contributed by atoms with E-state index >= 15 is 0 Å². The molecule has 1 N–H and O–H groups in total. The molecule has 1 fully saturated rings. The van der Waals surface area contributed by atoms with Crippen LogP contribution >= 0.6 is 11.6 Å². The molecule has 0 aromatic heterocycles. The van der Waals surface area contributed by atoms with E-state index in [0.29, 0.717) is 5.02 Å². The minimum Gasteiger partial charge on any atom is -0.490 e. The second-order valence-corrected chi connectivity index (χ2v) is 8.30. The van der Waals surface area contributed by atoms with E-state index in [1.165, 1.54) is 6.42 Å². The third-order valence-electron chi connectivity index (χ3n) is 5.87. The predicted octanol–water partition coefficient (Wildman–Crippen LogP) is 6.67. The van der Waals surface area contributed by atoms with Gasteiger partial charge in [0.25, 0.3) is 0 Å². The van der Waals surface area contributed by atoms with Crippen LogP contribution in [0.25, 0.3) is 0 Å². The summed E-state index contributed by atoms with van der Waals surface area (Å²) in [5.74, 6) is 0.904. The second-order valence-electron chi connectivity index (χ2n) is 7.89. The molecule has 2 aromatic rings. The molecule has 0 heterocycles. The average molecular weight is 400 g/mol. The Labute approximate surface area is 173 Å². The lowest BCUT2D eigenvalue weighted by atomic mass is 9.68. The SMILES string of the molecule is CC[C@@H](C)Oc1ccc(NC(=O)C2(c3ccccc3Cl)CCCCC2)cc1C. The lowest BCUT2D eigenvalue weighted by Crippen LogP contribution is -2.42. The van der Waals surface area contributed by atoms with Crippen LogP contribution in [-0.2, 0) is 10.2 Å². The first-order chi connectivity index (χ1) is 13.5. The van der Waals surface area contributed by atoms with Crippen LogP contribution in [0.5, 0.6) is 5.75 Å². The van der Waals surface area contributed by atoms with Gasteiger partial charge < -0.3 is 10.1 Å². The summed E-state index contributed by atoms with van der Waals surface area (Å²) in [7, 11) is 0. The Balaban J connectivity index is 1.85. The summed E-state index contributed by atoms with van der Waals surface area (Å²) in [6.45, 7) is 6.18. The number of anilines is 1. The maximum atomic E-state index is 13.5. The molecule has 1 amide bonds. The summed E-state index contributed by atoms with van der Waals surface area (Å²) in [6.07, 6.45) is 6.04. The Hall–Kier alpha value is -2.00. The summed E-state index contributed by atoms with van der Waals surface area (Å²) in [5, 5.41) is 3.83. The molecule has 1 aliphatic carbocycles. The molecule has 0 radical (unpaired) electrons. The number of nitrogens with one attached hydrogen (secondary N) is 1. The van der Waals surface area contributed by atoms with E-state index in [-0.39, 0.29) is 12.0 Å². The highest BCUT2D eigenvalue weighted by atomic mass is 35.5. The number of rotatable bonds is 6. The van der Waals surface area contributed by atoms with Crippen LogP contribution < -0.4 is 10.1 Å². The normalized spacial score (nSPS) is 17.0. The molecule has 4 heteroatoms.